The lowest BCUT2D eigenvalue weighted by atomic mass is 9.87. The highest BCUT2D eigenvalue weighted by Crippen LogP contribution is 2.30. The number of ketones is 1. The van der Waals surface area contributed by atoms with Gasteiger partial charge in [-0.25, -0.2) is 4.79 Å². The second-order valence-corrected chi connectivity index (χ2v) is 8.25. The molecule has 0 saturated carbocycles. The number of Topliss-reactive ketones (excluding diaryl/α,β-unsaturated/α-hetero) is 1. The van der Waals surface area contributed by atoms with Crippen molar-refractivity contribution in [1.29, 1.82) is 0 Å². The number of nitrogens with zero attached hydrogens (tertiary/aromatic N) is 1. The van der Waals surface area contributed by atoms with Crippen molar-refractivity contribution in [3.63, 3.8) is 0 Å². The zero-order valence-corrected chi connectivity index (χ0v) is 18.0. The van der Waals surface area contributed by atoms with Crippen molar-refractivity contribution in [1.82, 2.24) is 4.57 Å². The molecule has 0 amide bonds. The van der Waals surface area contributed by atoms with Crippen LogP contribution in [0, 0.1) is 5.92 Å². The molecule has 1 aliphatic rings. The summed E-state index contributed by atoms with van der Waals surface area (Å²) >= 11 is 12.2. The number of carbonyl (C=O) groups is 3. The van der Waals surface area contributed by atoms with Crippen molar-refractivity contribution >= 4 is 41.2 Å². The largest absolute Gasteiger partial charge is 0.456 e. The summed E-state index contributed by atoms with van der Waals surface area (Å²) in [6, 6.07) is 16.1. The summed E-state index contributed by atoms with van der Waals surface area (Å²) in [5.41, 5.74) is 3.08. The number of fused-ring (bicyclic) bond motifs is 1. The third-order valence-electron chi connectivity index (χ3n) is 5.41. The lowest BCUT2D eigenvalue weighted by Gasteiger charge is -2.19. The van der Waals surface area contributed by atoms with Gasteiger partial charge in [-0.05, 0) is 42.2 Å². The predicted octanol–water partition coefficient (Wildman–Crippen LogP) is 5.14. The van der Waals surface area contributed by atoms with Gasteiger partial charge in [0, 0.05) is 17.8 Å². The molecule has 1 heterocycles. The molecule has 1 aromatic heterocycles. The maximum Gasteiger partial charge on any atom is 0.355 e. The van der Waals surface area contributed by atoms with E-state index in [4.69, 9.17) is 27.9 Å². The summed E-state index contributed by atoms with van der Waals surface area (Å²) in [6.07, 6.45) is 1.60. The Morgan fingerprint density at radius 3 is 2.55 bits per heavy atom. The van der Waals surface area contributed by atoms with Crippen molar-refractivity contribution in [2.24, 2.45) is 5.92 Å². The highest BCUT2D eigenvalue weighted by Gasteiger charge is 2.33. The molecule has 1 atom stereocenters. The zero-order valence-electron chi connectivity index (χ0n) is 16.5. The summed E-state index contributed by atoms with van der Waals surface area (Å²) in [6.45, 7) is 0.439. The number of rotatable bonds is 6. The third-order valence-corrected chi connectivity index (χ3v) is 6.15. The molecule has 0 fully saturated rings. The van der Waals surface area contributed by atoms with Crippen LogP contribution in [0.4, 0.5) is 0 Å². The van der Waals surface area contributed by atoms with E-state index in [9.17, 15) is 14.4 Å². The fraction of sp³-hybridized carbons (Fsp3) is 0.208. The average Bonchev–Trinajstić information content (AvgIpc) is 3.15. The minimum absolute atomic E-state index is 0.118. The van der Waals surface area contributed by atoms with Crippen molar-refractivity contribution in [2.75, 3.05) is 0 Å². The number of carbonyl (C=O) groups excluding carboxylic acids is 3. The van der Waals surface area contributed by atoms with E-state index in [-0.39, 0.29) is 18.1 Å². The van der Waals surface area contributed by atoms with Gasteiger partial charge in [-0.2, -0.15) is 0 Å². The van der Waals surface area contributed by atoms with Gasteiger partial charge in [0.25, 0.3) is 0 Å². The van der Waals surface area contributed by atoms with E-state index >= 15 is 0 Å². The van der Waals surface area contributed by atoms with Crippen LogP contribution in [0.2, 0.25) is 10.0 Å². The van der Waals surface area contributed by atoms with Crippen LogP contribution in [0.15, 0.2) is 54.6 Å². The topological polar surface area (TPSA) is 65.4 Å². The van der Waals surface area contributed by atoms with Gasteiger partial charge in [-0.1, -0.05) is 59.6 Å². The number of hydrogen-bond donors (Lipinski definition) is 0. The normalized spacial score (nSPS) is 15.4. The molecule has 0 bridgehead atoms. The van der Waals surface area contributed by atoms with Crippen molar-refractivity contribution in [3.8, 4) is 0 Å². The standard InChI is InChI=1S/C24H19Cl2NO4/c25-19-8-6-16(10-20(19)26)12-27-21-9-7-17(13-28)23(29)18(21)11-22(27)24(30)31-14-15-4-2-1-3-5-15/h1-6,8,10-11,13,17H,7,9,12,14H2. The van der Waals surface area contributed by atoms with Crippen LogP contribution in [0.25, 0.3) is 0 Å². The molecule has 0 N–H and O–H groups in total. The summed E-state index contributed by atoms with van der Waals surface area (Å²) in [5.74, 6) is -1.48. The quantitative estimate of drug-likeness (QED) is 0.293. The second kappa shape index (κ2) is 9.08. The molecule has 4 rings (SSSR count). The van der Waals surface area contributed by atoms with Crippen LogP contribution in [0.1, 0.15) is 44.1 Å². The molecule has 31 heavy (non-hydrogen) atoms. The molecule has 2 aromatic carbocycles. The van der Waals surface area contributed by atoms with E-state index in [0.29, 0.717) is 41.3 Å². The fourth-order valence-electron chi connectivity index (χ4n) is 3.79. The molecule has 5 nitrogen and oxygen atoms in total. The van der Waals surface area contributed by atoms with Crippen molar-refractivity contribution < 1.29 is 19.1 Å². The lowest BCUT2D eigenvalue weighted by Crippen LogP contribution is -2.24. The first-order chi connectivity index (χ1) is 15.0. The Morgan fingerprint density at radius 2 is 1.84 bits per heavy atom. The highest BCUT2D eigenvalue weighted by molar-refractivity contribution is 6.42. The zero-order chi connectivity index (χ0) is 22.0. The first-order valence-corrected chi connectivity index (χ1v) is 10.6. The summed E-state index contributed by atoms with van der Waals surface area (Å²) in [5, 5.41) is 0.844. The molecule has 1 aliphatic carbocycles. The van der Waals surface area contributed by atoms with Crippen LogP contribution in [-0.2, 0) is 29.1 Å². The number of benzene rings is 2. The number of esters is 1. The Bertz CT molecular complexity index is 1150. The van der Waals surface area contributed by atoms with Crippen LogP contribution in [0.5, 0.6) is 0 Å². The van der Waals surface area contributed by atoms with E-state index in [2.05, 4.69) is 0 Å². The molecule has 1 unspecified atom stereocenters. The van der Waals surface area contributed by atoms with Crippen molar-refractivity contribution in [3.05, 3.63) is 92.7 Å². The Labute approximate surface area is 189 Å². The number of aldehydes is 1. The molecule has 0 saturated heterocycles. The molecular weight excluding hydrogens is 437 g/mol. The minimum Gasteiger partial charge on any atom is -0.456 e. The number of ether oxygens (including phenoxy) is 1. The summed E-state index contributed by atoms with van der Waals surface area (Å²) < 4.78 is 7.29. The minimum atomic E-state index is -0.679. The van der Waals surface area contributed by atoms with Crippen LogP contribution in [-0.4, -0.2) is 22.6 Å². The van der Waals surface area contributed by atoms with E-state index in [1.54, 1.807) is 16.7 Å². The van der Waals surface area contributed by atoms with Gasteiger partial charge < -0.3 is 14.1 Å². The molecule has 3 aromatic rings. The third kappa shape index (κ3) is 4.43. The molecule has 0 aliphatic heterocycles. The van der Waals surface area contributed by atoms with E-state index in [1.165, 1.54) is 6.07 Å². The van der Waals surface area contributed by atoms with E-state index in [0.717, 1.165) is 16.8 Å². The molecule has 7 heteroatoms. The molecule has 0 radical (unpaired) electrons. The first-order valence-electron chi connectivity index (χ1n) is 9.85. The molecule has 158 valence electrons. The SMILES string of the molecule is O=CC1CCc2c(cc(C(=O)OCc3ccccc3)n2Cc2ccc(Cl)c(Cl)c2)C1=O. The van der Waals surface area contributed by atoms with Gasteiger partial charge in [0.2, 0.25) is 0 Å². The fourth-order valence-corrected chi connectivity index (χ4v) is 4.11. The molecule has 0 spiro atoms. The van der Waals surface area contributed by atoms with Gasteiger partial charge in [0.05, 0.1) is 16.0 Å². The number of aromatic nitrogens is 1. The Balaban J connectivity index is 1.69. The summed E-state index contributed by atoms with van der Waals surface area (Å²) in [7, 11) is 0. The Hall–Kier alpha value is -2.89. The van der Waals surface area contributed by atoms with E-state index in [1.807, 2.05) is 36.4 Å². The van der Waals surface area contributed by atoms with Gasteiger partial charge in [-0.15, -0.1) is 0 Å². The molecular formula is C24H19Cl2NO4. The maximum atomic E-state index is 13.0. The van der Waals surface area contributed by atoms with Gasteiger partial charge in [-0.3, -0.25) is 4.79 Å². The van der Waals surface area contributed by atoms with Gasteiger partial charge >= 0.3 is 5.97 Å². The highest BCUT2D eigenvalue weighted by atomic mass is 35.5. The smallest absolute Gasteiger partial charge is 0.355 e. The van der Waals surface area contributed by atoms with Crippen LogP contribution in [0.3, 0.4) is 0 Å². The average molecular weight is 456 g/mol. The summed E-state index contributed by atoms with van der Waals surface area (Å²) in [4.78, 5) is 37.0. The maximum absolute atomic E-state index is 13.0. The van der Waals surface area contributed by atoms with Gasteiger partial charge in [0.1, 0.15) is 18.6 Å². The second-order valence-electron chi connectivity index (χ2n) is 7.43. The number of hydrogen-bond acceptors (Lipinski definition) is 4. The first kappa shape index (κ1) is 21.3. The number of halogens is 2. The van der Waals surface area contributed by atoms with Crippen LogP contribution >= 0.6 is 23.2 Å². The predicted molar refractivity (Wildman–Crippen MR) is 118 cm³/mol. The Kier molecular flexibility index (Phi) is 6.25. The van der Waals surface area contributed by atoms with E-state index < -0.39 is 11.9 Å². The lowest BCUT2D eigenvalue weighted by molar-refractivity contribution is -0.110. The monoisotopic (exact) mass is 455 g/mol. The Morgan fingerprint density at radius 1 is 1.06 bits per heavy atom. The van der Waals surface area contributed by atoms with Gasteiger partial charge in [0.15, 0.2) is 5.78 Å². The van der Waals surface area contributed by atoms with Crippen LogP contribution < -0.4 is 0 Å². The van der Waals surface area contributed by atoms with Crippen molar-refractivity contribution in [2.45, 2.75) is 26.0 Å².